The van der Waals surface area contributed by atoms with Crippen molar-refractivity contribution in [1.29, 1.82) is 0 Å². The molecule has 0 aliphatic rings. The maximum Gasteiger partial charge on any atom is 0.257 e. The standard InChI is InChI=1S/C12H15N3O2/c1-2-9(13)10(16)12-14-11(15-17-12)8-6-4-3-5-7-8/h3-7,9-10,16H,2,13H2,1H3/t9-,10+/m0/s1. The van der Waals surface area contributed by atoms with Crippen molar-refractivity contribution in [3.05, 3.63) is 36.2 Å². The molecule has 0 unspecified atom stereocenters. The molecule has 0 amide bonds. The first-order chi connectivity index (χ1) is 8.22. The molecule has 2 rings (SSSR count). The Balaban J connectivity index is 2.22. The van der Waals surface area contributed by atoms with Gasteiger partial charge in [-0.3, -0.25) is 0 Å². The summed E-state index contributed by atoms with van der Waals surface area (Å²) in [6.07, 6.45) is -0.269. The van der Waals surface area contributed by atoms with Gasteiger partial charge in [-0.25, -0.2) is 0 Å². The van der Waals surface area contributed by atoms with E-state index in [9.17, 15) is 5.11 Å². The quantitative estimate of drug-likeness (QED) is 0.836. The van der Waals surface area contributed by atoms with Crippen LogP contribution in [0.3, 0.4) is 0 Å². The smallest absolute Gasteiger partial charge is 0.257 e. The normalized spacial score (nSPS) is 14.5. The van der Waals surface area contributed by atoms with Gasteiger partial charge in [-0.05, 0) is 6.42 Å². The summed E-state index contributed by atoms with van der Waals surface area (Å²) >= 11 is 0. The lowest BCUT2D eigenvalue weighted by molar-refractivity contribution is 0.105. The number of nitrogens with zero attached hydrogens (tertiary/aromatic N) is 2. The van der Waals surface area contributed by atoms with Crippen molar-refractivity contribution in [3.63, 3.8) is 0 Å². The molecule has 3 N–H and O–H groups in total. The molecule has 0 aliphatic carbocycles. The molecule has 0 aliphatic heterocycles. The summed E-state index contributed by atoms with van der Waals surface area (Å²) in [5, 5.41) is 13.7. The Morgan fingerprint density at radius 2 is 2.06 bits per heavy atom. The Hall–Kier alpha value is -1.72. The van der Waals surface area contributed by atoms with Crippen molar-refractivity contribution < 1.29 is 9.63 Å². The van der Waals surface area contributed by atoms with Gasteiger partial charge >= 0.3 is 0 Å². The van der Waals surface area contributed by atoms with Crippen molar-refractivity contribution in [3.8, 4) is 11.4 Å². The van der Waals surface area contributed by atoms with E-state index >= 15 is 0 Å². The number of rotatable bonds is 4. The summed E-state index contributed by atoms with van der Waals surface area (Å²) < 4.78 is 5.01. The molecule has 1 aromatic heterocycles. The number of aliphatic hydroxyl groups excluding tert-OH is 1. The van der Waals surface area contributed by atoms with Crippen molar-refractivity contribution in [2.24, 2.45) is 5.73 Å². The molecule has 0 spiro atoms. The third-order valence-electron chi connectivity index (χ3n) is 2.60. The lowest BCUT2D eigenvalue weighted by Crippen LogP contribution is -2.27. The third kappa shape index (κ3) is 2.51. The fourth-order valence-corrected chi connectivity index (χ4v) is 1.47. The molecule has 2 atom stereocenters. The van der Waals surface area contributed by atoms with Crippen LogP contribution in [0.25, 0.3) is 11.4 Å². The fraction of sp³-hybridized carbons (Fsp3) is 0.333. The monoisotopic (exact) mass is 233 g/mol. The highest BCUT2D eigenvalue weighted by Crippen LogP contribution is 2.20. The van der Waals surface area contributed by atoms with E-state index < -0.39 is 6.10 Å². The van der Waals surface area contributed by atoms with Gasteiger partial charge in [0.15, 0.2) is 0 Å². The zero-order valence-corrected chi connectivity index (χ0v) is 9.58. The van der Waals surface area contributed by atoms with Gasteiger partial charge in [0.25, 0.3) is 5.89 Å². The van der Waals surface area contributed by atoms with Crippen molar-refractivity contribution in [2.45, 2.75) is 25.5 Å². The summed E-state index contributed by atoms with van der Waals surface area (Å²) in [6.45, 7) is 1.89. The summed E-state index contributed by atoms with van der Waals surface area (Å²) in [7, 11) is 0. The van der Waals surface area contributed by atoms with Gasteiger partial charge in [0.1, 0.15) is 6.10 Å². The number of aromatic nitrogens is 2. The topological polar surface area (TPSA) is 85.2 Å². The van der Waals surface area contributed by atoms with Crippen LogP contribution >= 0.6 is 0 Å². The van der Waals surface area contributed by atoms with Crippen LogP contribution in [0.5, 0.6) is 0 Å². The maximum absolute atomic E-state index is 9.83. The van der Waals surface area contributed by atoms with E-state index in [0.29, 0.717) is 12.2 Å². The molecule has 17 heavy (non-hydrogen) atoms. The van der Waals surface area contributed by atoms with Crippen molar-refractivity contribution >= 4 is 0 Å². The fourth-order valence-electron chi connectivity index (χ4n) is 1.47. The van der Waals surface area contributed by atoms with E-state index in [4.69, 9.17) is 10.3 Å². The van der Waals surface area contributed by atoms with Crippen LogP contribution in [-0.2, 0) is 0 Å². The minimum Gasteiger partial charge on any atom is -0.382 e. The van der Waals surface area contributed by atoms with E-state index in [2.05, 4.69) is 10.1 Å². The number of benzene rings is 1. The molecule has 5 heteroatoms. The zero-order chi connectivity index (χ0) is 12.3. The highest BCUT2D eigenvalue weighted by molar-refractivity contribution is 5.53. The predicted molar refractivity (Wildman–Crippen MR) is 63.0 cm³/mol. The highest BCUT2D eigenvalue weighted by atomic mass is 16.5. The lowest BCUT2D eigenvalue weighted by Gasteiger charge is -2.11. The summed E-state index contributed by atoms with van der Waals surface area (Å²) in [5.41, 5.74) is 6.57. The number of nitrogens with two attached hydrogens (primary N) is 1. The molecule has 0 bridgehead atoms. The zero-order valence-electron chi connectivity index (χ0n) is 9.58. The molecule has 5 nitrogen and oxygen atoms in total. The Kier molecular flexibility index (Phi) is 3.51. The lowest BCUT2D eigenvalue weighted by atomic mass is 10.1. The minimum absolute atomic E-state index is 0.165. The van der Waals surface area contributed by atoms with Crippen LogP contribution in [0.15, 0.2) is 34.9 Å². The molecule has 0 fully saturated rings. The Morgan fingerprint density at radius 3 is 2.71 bits per heavy atom. The largest absolute Gasteiger partial charge is 0.382 e. The predicted octanol–water partition coefficient (Wildman–Crippen LogP) is 1.51. The molecule has 0 radical (unpaired) electrons. The second-order valence-electron chi connectivity index (χ2n) is 3.84. The van der Waals surface area contributed by atoms with Crippen molar-refractivity contribution in [2.75, 3.05) is 0 Å². The van der Waals surface area contributed by atoms with Crippen LogP contribution in [0.2, 0.25) is 0 Å². The van der Waals surface area contributed by atoms with Crippen LogP contribution in [-0.4, -0.2) is 21.3 Å². The van der Waals surface area contributed by atoms with Gasteiger partial charge in [-0.1, -0.05) is 42.4 Å². The molecule has 90 valence electrons. The van der Waals surface area contributed by atoms with Gasteiger partial charge in [0, 0.05) is 11.6 Å². The molecule has 0 saturated carbocycles. The number of aliphatic hydroxyl groups is 1. The van der Waals surface area contributed by atoms with Gasteiger partial charge in [-0.15, -0.1) is 0 Å². The maximum atomic E-state index is 9.83. The molecule has 2 aromatic rings. The number of hydrogen-bond acceptors (Lipinski definition) is 5. The van der Waals surface area contributed by atoms with Crippen LogP contribution in [0.4, 0.5) is 0 Å². The van der Waals surface area contributed by atoms with Gasteiger partial charge in [0.2, 0.25) is 5.82 Å². The average Bonchev–Trinajstić information content (AvgIpc) is 2.87. The summed E-state index contributed by atoms with van der Waals surface area (Å²) in [6, 6.07) is 9.05. The van der Waals surface area contributed by atoms with E-state index in [-0.39, 0.29) is 11.9 Å². The first-order valence-electron chi connectivity index (χ1n) is 5.55. The second kappa shape index (κ2) is 5.07. The van der Waals surface area contributed by atoms with Gasteiger partial charge < -0.3 is 15.4 Å². The molecular weight excluding hydrogens is 218 g/mol. The van der Waals surface area contributed by atoms with Crippen LogP contribution in [0.1, 0.15) is 25.3 Å². The molecular formula is C12H15N3O2. The van der Waals surface area contributed by atoms with Crippen LogP contribution in [0, 0.1) is 0 Å². The van der Waals surface area contributed by atoms with E-state index in [1.54, 1.807) is 0 Å². The molecule has 0 saturated heterocycles. The van der Waals surface area contributed by atoms with E-state index in [1.165, 1.54) is 0 Å². The SMILES string of the molecule is CC[C@H](N)[C@@H](O)c1nc(-c2ccccc2)no1. The van der Waals surface area contributed by atoms with E-state index in [0.717, 1.165) is 5.56 Å². The van der Waals surface area contributed by atoms with Crippen LogP contribution < -0.4 is 5.73 Å². The third-order valence-corrected chi connectivity index (χ3v) is 2.60. The first-order valence-corrected chi connectivity index (χ1v) is 5.55. The average molecular weight is 233 g/mol. The summed E-state index contributed by atoms with van der Waals surface area (Å²) in [5.74, 6) is 0.626. The van der Waals surface area contributed by atoms with Crippen molar-refractivity contribution in [1.82, 2.24) is 10.1 Å². The number of hydrogen-bond donors (Lipinski definition) is 2. The molecule has 1 heterocycles. The highest BCUT2D eigenvalue weighted by Gasteiger charge is 2.22. The molecule has 1 aromatic carbocycles. The first kappa shape index (κ1) is 11.8. The van der Waals surface area contributed by atoms with E-state index in [1.807, 2.05) is 37.3 Å². The van der Waals surface area contributed by atoms with Gasteiger partial charge in [-0.2, -0.15) is 4.98 Å². The van der Waals surface area contributed by atoms with Gasteiger partial charge in [0.05, 0.1) is 0 Å². The summed E-state index contributed by atoms with van der Waals surface area (Å²) in [4.78, 5) is 4.14. The Labute approximate surface area is 99.3 Å². The Bertz CT molecular complexity index is 470. The Morgan fingerprint density at radius 1 is 1.35 bits per heavy atom. The second-order valence-corrected chi connectivity index (χ2v) is 3.84. The minimum atomic E-state index is -0.912.